The number of benzene rings is 3. The SMILES string of the molecule is CC1=C(c2ccc(C)cc2)S(=O)(=O)N(Cc2ccc(C(=O)Nc3ccc(C)cc3C)cc2)C1=O. The molecule has 1 aliphatic heterocycles. The minimum Gasteiger partial charge on any atom is -0.322 e. The van der Waals surface area contributed by atoms with Crippen molar-refractivity contribution in [3.63, 3.8) is 0 Å². The van der Waals surface area contributed by atoms with Crippen LogP contribution in [0.5, 0.6) is 0 Å². The van der Waals surface area contributed by atoms with E-state index in [4.69, 9.17) is 0 Å². The zero-order chi connectivity index (χ0) is 24.6. The molecule has 0 radical (unpaired) electrons. The van der Waals surface area contributed by atoms with E-state index in [9.17, 15) is 18.0 Å². The van der Waals surface area contributed by atoms with Gasteiger partial charge < -0.3 is 5.32 Å². The number of carbonyl (C=O) groups is 2. The molecule has 0 aromatic heterocycles. The number of nitrogens with zero attached hydrogens (tertiary/aromatic N) is 1. The highest BCUT2D eigenvalue weighted by Crippen LogP contribution is 2.36. The Kier molecular flexibility index (Phi) is 6.15. The smallest absolute Gasteiger partial charge is 0.268 e. The molecule has 3 aromatic rings. The van der Waals surface area contributed by atoms with Crippen molar-refractivity contribution in [2.45, 2.75) is 34.2 Å². The molecule has 7 heteroatoms. The number of anilines is 1. The van der Waals surface area contributed by atoms with Crippen molar-refractivity contribution in [2.24, 2.45) is 0 Å². The number of amides is 2. The maximum absolute atomic E-state index is 13.2. The van der Waals surface area contributed by atoms with Crippen molar-refractivity contribution >= 4 is 32.4 Å². The second-order valence-corrected chi connectivity index (χ2v) is 10.4. The van der Waals surface area contributed by atoms with Crippen LogP contribution in [0.15, 0.2) is 72.3 Å². The fourth-order valence-corrected chi connectivity index (χ4v) is 5.80. The van der Waals surface area contributed by atoms with Crippen molar-refractivity contribution in [1.29, 1.82) is 0 Å². The molecule has 0 aliphatic carbocycles. The van der Waals surface area contributed by atoms with Gasteiger partial charge in [-0.2, -0.15) is 0 Å². The van der Waals surface area contributed by atoms with E-state index in [0.717, 1.165) is 26.7 Å². The van der Waals surface area contributed by atoms with E-state index in [0.29, 0.717) is 16.7 Å². The lowest BCUT2D eigenvalue weighted by atomic mass is 10.1. The van der Waals surface area contributed by atoms with Crippen LogP contribution in [-0.4, -0.2) is 24.5 Å². The summed E-state index contributed by atoms with van der Waals surface area (Å²) in [7, 11) is -3.98. The normalized spacial score (nSPS) is 15.1. The molecule has 0 unspecified atom stereocenters. The Balaban J connectivity index is 1.51. The van der Waals surface area contributed by atoms with Gasteiger partial charge in [0.1, 0.15) is 4.91 Å². The quantitative estimate of drug-likeness (QED) is 0.566. The Labute approximate surface area is 200 Å². The van der Waals surface area contributed by atoms with Crippen LogP contribution < -0.4 is 5.32 Å². The average Bonchev–Trinajstić information content (AvgIpc) is 2.96. The summed E-state index contributed by atoms with van der Waals surface area (Å²) in [6.07, 6.45) is 0. The summed E-state index contributed by atoms with van der Waals surface area (Å²) in [5, 5.41) is 2.89. The third-order valence-electron chi connectivity index (χ3n) is 5.92. The van der Waals surface area contributed by atoms with Gasteiger partial charge in [0.2, 0.25) is 0 Å². The van der Waals surface area contributed by atoms with Crippen molar-refractivity contribution in [3.05, 3.63) is 106 Å². The van der Waals surface area contributed by atoms with Gasteiger partial charge >= 0.3 is 0 Å². The van der Waals surface area contributed by atoms with Gasteiger partial charge in [-0.1, -0.05) is 59.7 Å². The molecule has 34 heavy (non-hydrogen) atoms. The molecule has 0 atom stereocenters. The third-order valence-corrected chi connectivity index (χ3v) is 7.86. The van der Waals surface area contributed by atoms with Crippen LogP contribution in [0.3, 0.4) is 0 Å². The molecular formula is C27H26N2O4S. The monoisotopic (exact) mass is 474 g/mol. The number of sulfonamides is 1. The average molecular weight is 475 g/mol. The summed E-state index contributed by atoms with van der Waals surface area (Å²) < 4.78 is 27.3. The molecule has 3 aromatic carbocycles. The van der Waals surface area contributed by atoms with E-state index in [1.807, 2.05) is 51.1 Å². The van der Waals surface area contributed by atoms with Gasteiger partial charge in [-0.3, -0.25) is 9.59 Å². The Hall–Kier alpha value is -3.71. The Morgan fingerprint density at radius 3 is 2.09 bits per heavy atom. The van der Waals surface area contributed by atoms with Gasteiger partial charge in [-0.25, -0.2) is 12.7 Å². The van der Waals surface area contributed by atoms with E-state index in [1.54, 1.807) is 36.4 Å². The first-order valence-corrected chi connectivity index (χ1v) is 12.3. The zero-order valence-corrected chi connectivity index (χ0v) is 20.4. The molecule has 1 N–H and O–H groups in total. The predicted molar refractivity (Wildman–Crippen MR) is 134 cm³/mol. The van der Waals surface area contributed by atoms with Crippen LogP contribution in [0.2, 0.25) is 0 Å². The summed E-state index contributed by atoms with van der Waals surface area (Å²) in [6.45, 7) is 7.27. The molecule has 0 saturated carbocycles. The molecule has 0 saturated heterocycles. The zero-order valence-electron chi connectivity index (χ0n) is 19.5. The highest BCUT2D eigenvalue weighted by Gasteiger charge is 2.42. The standard InChI is InChI=1S/C27H26N2O4S/c1-17-5-10-22(11-6-17)25-20(4)27(31)29(34(25,32)33)16-21-8-12-23(13-9-21)26(30)28-24-14-7-18(2)15-19(24)3/h5-15H,16H2,1-4H3,(H,28,30). The molecule has 2 amide bonds. The summed E-state index contributed by atoms with van der Waals surface area (Å²) in [6, 6.07) is 19.4. The van der Waals surface area contributed by atoms with E-state index < -0.39 is 15.9 Å². The van der Waals surface area contributed by atoms with Crippen LogP contribution in [0, 0.1) is 20.8 Å². The van der Waals surface area contributed by atoms with Crippen LogP contribution in [0.1, 0.15) is 45.1 Å². The molecule has 1 heterocycles. The molecule has 0 bridgehead atoms. The summed E-state index contributed by atoms with van der Waals surface area (Å²) >= 11 is 0. The topological polar surface area (TPSA) is 83.6 Å². The van der Waals surface area contributed by atoms with Gasteiger partial charge in [0, 0.05) is 16.8 Å². The molecule has 0 fully saturated rings. The molecule has 174 valence electrons. The molecular weight excluding hydrogens is 448 g/mol. The Morgan fingerprint density at radius 1 is 0.853 bits per heavy atom. The number of hydrogen-bond donors (Lipinski definition) is 1. The van der Waals surface area contributed by atoms with Crippen LogP contribution in [0.4, 0.5) is 5.69 Å². The maximum atomic E-state index is 13.2. The molecule has 6 nitrogen and oxygen atoms in total. The van der Waals surface area contributed by atoms with E-state index in [1.165, 1.54) is 6.92 Å². The van der Waals surface area contributed by atoms with Crippen LogP contribution >= 0.6 is 0 Å². The first kappa shape index (κ1) is 23.4. The van der Waals surface area contributed by atoms with Gasteiger partial charge in [-0.05, 0) is 62.6 Å². The van der Waals surface area contributed by atoms with Crippen molar-refractivity contribution in [2.75, 3.05) is 5.32 Å². The summed E-state index contributed by atoms with van der Waals surface area (Å²) in [5.41, 5.74) is 5.56. The predicted octanol–water partition coefficient (Wildman–Crippen LogP) is 4.97. The number of carbonyl (C=O) groups excluding carboxylic acids is 2. The Morgan fingerprint density at radius 2 is 1.47 bits per heavy atom. The number of aryl methyl sites for hydroxylation is 3. The van der Waals surface area contributed by atoms with E-state index in [-0.39, 0.29) is 22.9 Å². The number of hydrogen-bond acceptors (Lipinski definition) is 4. The largest absolute Gasteiger partial charge is 0.322 e. The lowest BCUT2D eigenvalue weighted by Crippen LogP contribution is -2.30. The first-order chi connectivity index (χ1) is 16.1. The second-order valence-electron chi connectivity index (χ2n) is 8.61. The molecule has 1 aliphatic rings. The fraction of sp³-hybridized carbons (Fsp3) is 0.185. The van der Waals surface area contributed by atoms with Crippen LogP contribution in [-0.2, 0) is 21.4 Å². The highest BCUT2D eigenvalue weighted by atomic mass is 32.2. The van der Waals surface area contributed by atoms with E-state index >= 15 is 0 Å². The van der Waals surface area contributed by atoms with Gasteiger partial charge in [-0.15, -0.1) is 0 Å². The lowest BCUT2D eigenvalue weighted by molar-refractivity contribution is -0.122. The van der Waals surface area contributed by atoms with Gasteiger partial charge in [0.25, 0.3) is 21.8 Å². The highest BCUT2D eigenvalue weighted by molar-refractivity contribution is 7.99. The van der Waals surface area contributed by atoms with Gasteiger partial charge in [0.05, 0.1) is 6.54 Å². The number of rotatable bonds is 5. The maximum Gasteiger partial charge on any atom is 0.268 e. The minimum absolute atomic E-state index is 0.0435. The summed E-state index contributed by atoms with van der Waals surface area (Å²) in [4.78, 5) is 25.5. The van der Waals surface area contributed by atoms with Crippen molar-refractivity contribution in [3.8, 4) is 0 Å². The van der Waals surface area contributed by atoms with Crippen LogP contribution in [0.25, 0.3) is 4.91 Å². The minimum atomic E-state index is -3.98. The van der Waals surface area contributed by atoms with Crippen molar-refractivity contribution < 1.29 is 18.0 Å². The molecule has 4 rings (SSSR count). The molecule has 0 spiro atoms. The van der Waals surface area contributed by atoms with E-state index in [2.05, 4.69) is 5.32 Å². The lowest BCUT2D eigenvalue weighted by Gasteiger charge is -2.17. The van der Waals surface area contributed by atoms with Crippen molar-refractivity contribution in [1.82, 2.24) is 4.31 Å². The fourth-order valence-electron chi connectivity index (χ4n) is 4.00. The number of nitrogens with one attached hydrogen (secondary N) is 1. The second kappa shape index (κ2) is 8.91. The third kappa shape index (κ3) is 4.39. The first-order valence-electron chi connectivity index (χ1n) is 10.9. The Bertz CT molecular complexity index is 1420. The van der Waals surface area contributed by atoms with Gasteiger partial charge in [0.15, 0.2) is 0 Å². The summed E-state index contributed by atoms with van der Waals surface area (Å²) in [5.74, 6) is -0.796.